The summed E-state index contributed by atoms with van der Waals surface area (Å²) in [4.78, 5) is 0. The van der Waals surface area contributed by atoms with Crippen LogP contribution in [0.25, 0.3) is 11.3 Å². The highest BCUT2D eigenvalue weighted by molar-refractivity contribution is 5.57. The Kier molecular flexibility index (Phi) is 4.19. The van der Waals surface area contributed by atoms with Gasteiger partial charge in [0.05, 0.1) is 12.8 Å². The number of aromatic nitrogens is 3. The molecule has 22 heavy (non-hydrogen) atoms. The fourth-order valence-corrected chi connectivity index (χ4v) is 2.44. The average molecular weight is 307 g/mol. The molecular weight excluding hydrogens is 290 g/mol. The third kappa shape index (κ3) is 2.62. The average Bonchev–Trinajstić information content (AvgIpc) is 3.04. The van der Waals surface area contributed by atoms with Crippen molar-refractivity contribution < 1.29 is 25.2 Å². The third-order valence-corrected chi connectivity index (χ3v) is 3.71. The van der Waals surface area contributed by atoms with E-state index < -0.39 is 37.3 Å². The molecule has 3 rings (SSSR count). The molecule has 5 atom stereocenters. The molecule has 8 heteroatoms. The van der Waals surface area contributed by atoms with E-state index in [-0.39, 0.29) is 0 Å². The van der Waals surface area contributed by atoms with Gasteiger partial charge in [0.25, 0.3) is 0 Å². The molecule has 0 spiro atoms. The monoisotopic (exact) mass is 307 g/mol. The lowest BCUT2D eigenvalue weighted by Crippen LogP contribution is -2.56. The number of benzene rings is 1. The topological polar surface area (TPSA) is 121 Å². The summed E-state index contributed by atoms with van der Waals surface area (Å²) in [7, 11) is 0. The molecule has 0 amide bonds. The normalized spacial score (nSPS) is 32.1. The molecule has 0 aliphatic carbocycles. The summed E-state index contributed by atoms with van der Waals surface area (Å²) in [6.07, 6.45) is -4.67. The summed E-state index contributed by atoms with van der Waals surface area (Å²) >= 11 is 0. The maximum Gasteiger partial charge on any atom is 0.180 e. The maximum absolute atomic E-state index is 10.0. The molecule has 2 aromatic rings. The van der Waals surface area contributed by atoms with Gasteiger partial charge in [0.1, 0.15) is 30.1 Å². The zero-order valence-electron chi connectivity index (χ0n) is 11.6. The Hall–Kier alpha value is -1.84. The minimum Gasteiger partial charge on any atom is -0.394 e. The van der Waals surface area contributed by atoms with Gasteiger partial charge in [-0.05, 0) is 0 Å². The minimum atomic E-state index is -1.44. The summed E-state index contributed by atoms with van der Waals surface area (Å²) in [6, 6.07) is 9.33. The van der Waals surface area contributed by atoms with Crippen molar-refractivity contribution in [3.8, 4) is 11.3 Å². The number of aliphatic hydroxyl groups is 4. The lowest BCUT2D eigenvalue weighted by atomic mass is 9.98. The van der Waals surface area contributed by atoms with E-state index >= 15 is 0 Å². The van der Waals surface area contributed by atoms with Gasteiger partial charge in [0.2, 0.25) is 0 Å². The molecule has 1 aliphatic heterocycles. The lowest BCUT2D eigenvalue weighted by molar-refractivity contribution is -0.254. The minimum absolute atomic E-state index is 0.484. The van der Waals surface area contributed by atoms with Crippen LogP contribution in [0.2, 0.25) is 0 Å². The molecule has 118 valence electrons. The van der Waals surface area contributed by atoms with Crippen LogP contribution >= 0.6 is 0 Å². The summed E-state index contributed by atoms with van der Waals surface area (Å²) in [5, 5.41) is 46.7. The van der Waals surface area contributed by atoms with Crippen LogP contribution in [0, 0.1) is 0 Å². The summed E-state index contributed by atoms with van der Waals surface area (Å²) in [5.74, 6) is 0. The van der Waals surface area contributed by atoms with Crippen molar-refractivity contribution in [2.75, 3.05) is 6.61 Å². The van der Waals surface area contributed by atoms with Crippen LogP contribution in [-0.2, 0) is 4.74 Å². The van der Waals surface area contributed by atoms with Crippen molar-refractivity contribution in [3.63, 3.8) is 0 Å². The Morgan fingerprint density at radius 3 is 2.45 bits per heavy atom. The summed E-state index contributed by atoms with van der Waals surface area (Å²) < 4.78 is 6.68. The standard InChI is InChI=1S/C14H17N3O5/c18-7-10-11(19)12(20)13(21)14(22-10)17-6-9(15-16-17)8-4-2-1-3-5-8/h1-6,10-14,18-21H,7H2/t10-,11+,12+,13-,14-/m1/s1. The van der Waals surface area contributed by atoms with Crippen LogP contribution in [-0.4, -0.2) is 66.4 Å². The van der Waals surface area contributed by atoms with Crippen LogP contribution in [0.1, 0.15) is 6.23 Å². The van der Waals surface area contributed by atoms with Gasteiger partial charge >= 0.3 is 0 Å². The van der Waals surface area contributed by atoms with Gasteiger partial charge in [0.15, 0.2) is 6.23 Å². The Labute approximate surface area is 126 Å². The van der Waals surface area contributed by atoms with E-state index in [9.17, 15) is 20.4 Å². The lowest BCUT2D eigenvalue weighted by Gasteiger charge is -2.39. The van der Waals surface area contributed by atoms with Crippen LogP contribution in [0.5, 0.6) is 0 Å². The van der Waals surface area contributed by atoms with Gasteiger partial charge in [0, 0.05) is 5.56 Å². The molecule has 1 aromatic heterocycles. The van der Waals surface area contributed by atoms with Gasteiger partial charge in [-0.1, -0.05) is 35.5 Å². The quantitative estimate of drug-likeness (QED) is 0.569. The predicted octanol–water partition coefficient (Wildman–Crippen LogP) is -1.08. The van der Waals surface area contributed by atoms with Crippen LogP contribution in [0.15, 0.2) is 36.5 Å². The third-order valence-electron chi connectivity index (χ3n) is 3.71. The molecule has 4 N–H and O–H groups in total. The van der Waals surface area contributed by atoms with Crippen molar-refractivity contribution in [1.82, 2.24) is 15.0 Å². The van der Waals surface area contributed by atoms with E-state index in [0.29, 0.717) is 5.69 Å². The maximum atomic E-state index is 10.0. The van der Waals surface area contributed by atoms with Crippen LogP contribution in [0.4, 0.5) is 0 Å². The van der Waals surface area contributed by atoms with Crippen molar-refractivity contribution >= 4 is 0 Å². The van der Waals surface area contributed by atoms with Crippen molar-refractivity contribution in [2.45, 2.75) is 30.6 Å². The van der Waals surface area contributed by atoms with E-state index in [1.165, 1.54) is 4.68 Å². The number of rotatable bonds is 3. The number of aliphatic hydroxyl groups excluding tert-OH is 4. The Morgan fingerprint density at radius 2 is 1.77 bits per heavy atom. The second-order valence-corrected chi connectivity index (χ2v) is 5.17. The van der Waals surface area contributed by atoms with E-state index in [4.69, 9.17) is 4.74 Å². The molecule has 1 aromatic carbocycles. The SMILES string of the molecule is OC[C@H]1O[C@@H](n2cc(-c3ccccc3)nn2)[C@H](O)[C@@H](O)[C@H]1O. The van der Waals surface area contributed by atoms with E-state index in [2.05, 4.69) is 10.3 Å². The first-order valence-corrected chi connectivity index (χ1v) is 6.89. The molecule has 0 radical (unpaired) electrons. The van der Waals surface area contributed by atoms with Crippen molar-refractivity contribution in [2.24, 2.45) is 0 Å². The molecule has 1 aliphatic rings. The van der Waals surface area contributed by atoms with Gasteiger partial charge < -0.3 is 25.2 Å². The highest BCUT2D eigenvalue weighted by Gasteiger charge is 2.44. The highest BCUT2D eigenvalue weighted by atomic mass is 16.6. The van der Waals surface area contributed by atoms with Crippen LogP contribution in [0.3, 0.4) is 0 Å². The highest BCUT2D eigenvalue weighted by Crippen LogP contribution is 2.28. The number of hydrogen-bond acceptors (Lipinski definition) is 7. The molecule has 8 nitrogen and oxygen atoms in total. The molecule has 1 fully saturated rings. The molecule has 2 heterocycles. The van der Waals surface area contributed by atoms with Gasteiger partial charge in [-0.15, -0.1) is 5.10 Å². The van der Waals surface area contributed by atoms with E-state index in [0.717, 1.165) is 5.56 Å². The Bertz CT molecular complexity index is 618. The zero-order valence-corrected chi connectivity index (χ0v) is 11.6. The number of ether oxygens (including phenoxy) is 1. The first-order chi connectivity index (χ1) is 10.6. The smallest absolute Gasteiger partial charge is 0.180 e. The first kappa shape index (κ1) is 15.1. The van der Waals surface area contributed by atoms with Crippen LogP contribution < -0.4 is 0 Å². The van der Waals surface area contributed by atoms with Gasteiger partial charge in [-0.2, -0.15) is 0 Å². The largest absolute Gasteiger partial charge is 0.394 e. The van der Waals surface area contributed by atoms with Gasteiger partial charge in [-0.25, -0.2) is 4.68 Å². The Morgan fingerprint density at radius 1 is 1.05 bits per heavy atom. The second kappa shape index (κ2) is 6.11. The number of hydrogen-bond donors (Lipinski definition) is 4. The van der Waals surface area contributed by atoms with Crippen molar-refractivity contribution in [1.29, 1.82) is 0 Å². The molecular formula is C14H17N3O5. The fraction of sp³-hybridized carbons (Fsp3) is 0.429. The van der Waals surface area contributed by atoms with E-state index in [1.54, 1.807) is 6.20 Å². The predicted molar refractivity (Wildman–Crippen MR) is 74.5 cm³/mol. The summed E-state index contributed by atoms with van der Waals surface area (Å²) in [6.45, 7) is -0.484. The number of nitrogens with zero attached hydrogens (tertiary/aromatic N) is 3. The first-order valence-electron chi connectivity index (χ1n) is 6.89. The zero-order chi connectivity index (χ0) is 15.7. The molecule has 0 saturated carbocycles. The summed E-state index contributed by atoms with van der Waals surface area (Å²) in [5.41, 5.74) is 1.43. The molecule has 0 bridgehead atoms. The molecule has 1 saturated heterocycles. The van der Waals surface area contributed by atoms with E-state index in [1.807, 2.05) is 30.3 Å². The second-order valence-electron chi connectivity index (χ2n) is 5.17. The Balaban J connectivity index is 1.86. The van der Waals surface area contributed by atoms with Gasteiger partial charge in [-0.3, -0.25) is 0 Å². The fourth-order valence-electron chi connectivity index (χ4n) is 2.44. The van der Waals surface area contributed by atoms with Crippen molar-refractivity contribution in [3.05, 3.63) is 36.5 Å². The molecule has 0 unspecified atom stereocenters.